The number of rotatable bonds is 10. The molecule has 14 heteroatoms. The topological polar surface area (TPSA) is 135 Å². The van der Waals surface area contributed by atoms with Gasteiger partial charge in [-0.2, -0.15) is 5.01 Å². The summed E-state index contributed by atoms with van der Waals surface area (Å²) in [6.07, 6.45) is 6.02. The number of amides is 4. The van der Waals surface area contributed by atoms with E-state index >= 15 is 9.59 Å². The summed E-state index contributed by atoms with van der Waals surface area (Å²) < 4.78 is 31.0. The minimum atomic E-state index is -1.60. The molecular weight excluding hydrogens is 940 g/mol. The normalized spacial score (nSPS) is 24.0. The van der Waals surface area contributed by atoms with Crippen molar-refractivity contribution in [3.05, 3.63) is 151 Å². The molecule has 5 aromatic carbocycles. The molecule has 2 N–H and O–H groups in total. The fraction of sp³-hybridized carbons (Fsp3) is 0.224. The Hall–Kier alpha value is -6.19. The van der Waals surface area contributed by atoms with Crippen molar-refractivity contribution in [1.29, 1.82) is 0 Å². The first-order valence-corrected chi connectivity index (χ1v) is 21.7. The van der Waals surface area contributed by atoms with E-state index in [4.69, 9.17) is 25.8 Å². The van der Waals surface area contributed by atoms with Crippen LogP contribution in [0.15, 0.2) is 115 Å². The van der Waals surface area contributed by atoms with Crippen LogP contribution in [0, 0.1) is 33.1 Å². The SMILES string of the molecule is COc1ccc(OC)c(C=Cc2ccc(N3C(=O)[C@H]4[C@H](CC=C5[C@H]4C[C@H]4C(=O)N(Nc6ccc(F)cc6)C(=O)[C@@]4(c4ccc(Cl)cc4)[C@H]5c4cc(I)c(O)c(OC)c4)C3=O)cc2)c1. The van der Waals surface area contributed by atoms with E-state index in [0.717, 1.165) is 21.7 Å². The maximum atomic E-state index is 15.5. The first-order valence-electron chi connectivity index (χ1n) is 20.2. The monoisotopic (exact) mass is 979 g/mol. The fourth-order valence-electron chi connectivity index (χ4n) is 10.1. The van der Waals surface area contributed by atoms with Crippen LogP contribution in [0.3, 0.4) is 0 Å². The fourth-order valence-corrected chi connectivity index (χ4v) is 10.8. The van der Waals surface area contributed by atoms with E-state index in [1.54, 1.807) is 62.8 Å². The maximum absolute atomic E-state index is 15.5. The minimum absolute atomic E-state index is 0.0644. The Morgan fingerprint density at radius 1 is 0.810 bits per heavy atom. The summed E-state index contributed by atoms with van der Waals surface area (Å²) in [4.78, 5) is 61.0. The third kappa shape index (κ3) is 6.92. The Labute approximate surface area is 381 Å². The number of nitrogens with one attached hydrogen (secondary N) is 1. The molecule has 2 aliphatic heterocycles. The van der Waals surface area contributed by atoms with Gasteiger partial charge < -0.3 is 19.3 Å². The number of carbonyl (C=O) groups is 4. The summed E-state index contributed by atoms with van der Waals surface area (Å²) in [5, 5.41) is 12.4. The highest BCUT2D eigenvalue weighted by molar-refractivity contribution is 14.1. The van der Waals surface area contributed by atoms with Crippen molar-refractivity contribution in [2.24, 2.45) is 23.7 Å². The van der Waals surface area contributed by atoms with Gasteiger partial charge in [-0.15, -0.1) is 0 Å². The summed E-state index contributed by atoms with van der Waals surface area (Å²) in [5.41, 5.74) is 5.53. The van der Waals surface area contributed by atoms with Crippen LogP contribution in [0.4, 0.5) is 15.8 Å². The average Bonchev–Trinajstić information content (AvgIpc) is 3.67. The van der Waals surface area contributed by atoms with Crippen LogP contribution in [-0.4, -0.2) is 55.1 Å². The maximum Gasteiger partial charge on any atom is 0.260 e. The number of benzene rings is 5. The van der Waals surface area contributed by atoms with Gasteiger partial charge in [-0.3, -0.25) is 29.5 Å². The van der Waals surface area contributed by atoms with Gasteiger partial charge in [0.15, 0.2) is 11.5 Å². The van der Waals surface area contributed by atoms with Crippen LogP contribution in [0.25, 0.3) is 12.2 Å². The van der Waals surface area contributed by atoms with Crippen LogP contribution in [0.2, 0.25) is 5.02 Å². The lowest BCUT2D eigenvalue weighted by Crippen LogP contribution is -2.53. The van der Waals surface area contributed by atoms with Gasteiger partial charge >= 0.3 is 0 Å². The molecule has 0 unspecified atom stereocenters. The predicted octanol–water partition coefficient (Wildman–Crippen LogP) is 9.18. The molecule has 0 bridgehead atoms. The molecule has 0 aromatic heterocycles. The molecule has 4 amide bonds. The molecule has 0 radical (unpaired) electrons. The van der Waals surface area contributed by atoms with E-state index in [0.29, 0.717) is 42.6 Å². The Morgan fingerprint density at radius 3 is 2.21 bits per heavy atom. The number of carbonyl (C=O) groups excluding carboxylic acids is 4. The smallest absolute Gasteiger partial charge is 0.260 e. The average molecular weight is 980 g/mol. The number of fused-ring (bicyclic) bond motifs is 4. The Morgan fingerprint density at radius 2 is 1.52 bits per heavy atom. The first kappa shape index (κ1) is 42.1. The van der Waals surface area contributed by atoms with Gasteiger partial charge in [0.2, 0.25) is 11.8 Å². The summed E-state index contributed by atoms with van der Waals surface area (Å²) in [6, 6.07) is 28.2. The first-order chi connectivity index (χ1) is 30.4. The Bertz CT molecular complexity index is 2750. The van der Waals surface area contributed by atoms with Gasteiger partial charge in [0.05, 0.1) is 59.4 Å². The van der Waals surface area contributed by atoms with Gasteiger partial charge in [0.25, 0.3) is 11.8 Å². The number of methoxy groups -OCH3 is 3. The molecule has 2 aliphatic carbocycles. The molecule has 6 atom stereocenters. The second kappa shape index (κ2) is 16.5. The van der Waals surface area contributed by atoms with Crippen LogP contribution in [0.1, 0.15) is 41.0 Å². The van der Waals surface area contributed by atoms with Crippen LogP contribution < -0.4 is 24.5 Å². The van der Waals surface area contributed by atoms with Crippen molar-refractivity contribution in [3.63, 3.8) is 0 Å². The van der Waals surface area contributed by atoms with Crippen molar-refractivity contribution in [3.8, 4) is 23.0 Å². The van der Waals surface area contributed by atoms with Crippen molar-refractivity contribution in [2.45, 2.75) is 24.2 Å². The quantitative estimate of drug-likeness (QED) is 0.0608. The number of hydrogen-bond donors (Lipinski definition) is 2. The van der Waals surface area contributed by atoms with E-state index in [-0.39, 0.29) is 30.2 Å². The Kier molecular flexibility index (Phi) is 11.0. The van der Waals surface area contributed by atoms with Gasteiger partial charge in [0.1, 0.15) is 17.3 Å². The van der Waals surface area contributed by atoms with Gasteiger partial charge in [-0.05, 0) is 137 Å². The Balaban J connectivity index is 1.13. The molecule has 63 heavy (non-hydrogen) atoms. The zero-order valence-corrected chi connectivity index (χ0v) is 37.1. The second-order valence-electron chi connectivity index (χ2n) is 16.0. The molecule has 0 spiro atoms. The third-order valence-electron chi connectivity index (χ3n) is 12.9. The molecular formula is C49H40ClFIN3O8. The number of halogens is 3. The van der Waals surface area contributed by atoms with Crippen LogP contribution in [-0.2, 0) is 24.6 Å². The minimum Gasteiger partial charge on any atom is -0.504 e. The highest BCUT2D eigenvalue weighted by Gasteiger charge is 2.70. The van der Waals surface area contributed by atoms with Crippen LogP contribution in [0.5, 0.6) is 23.0 Å². The number of allylic oxidation sites excluding steroid dienone is 2. The number of hydrazine groups is 1. The van der Waals surface area contributed by atoms with Gasteiger partial charge in [0, 0.05) is 16.5 Å². The van der Waals surface area contributed by atoms with Gasteiger partial charge in [-0.1, -0.05) is 59.7 Å². The number of imide groups is 2. The molecule has 2 heterocycles. The predicted molar refractivity (Wildman–Crippen MR) is 244 cm³/mol. The summed E-state index contributed by atoms with van der Waals surface area (Å²) >= 11 is 8.43. The zero-order valence-electron chi connectivity index (χ0n) is 34.2. The number of aromatic hydroxyl groups is 1. The highest BCUT2D eigenvalue weighted by atomic mass is 127. The number of ether oxygens (including phenoxy) is 3. The van der Waals surface area contributed by atoms with E-state index in [2.05, 4.69) is 5.43 Å². The number of nitrogens with zero attached hydrogens (tertiary/aromatic N) is 2. The standard InChI is InChI=1S/C49H40ClFIN3O8/c1-61-34-18-21-40(62-2)27(22-34)7-4-26-5-16-33(17-6-26)54-45(57)36-20-19-35-37(42(36)47(54)59)25-38-46(58)55(53-32-14-12-31(51)13-15-32)48(60)49(38,29-8-10-30(50)11-9-29)43(35)28-23-39(52)44(56)41(24-28)63-3/h4-19,21-24,36-38,42-43,53,56H,20,25H2,1-3H3/t36-,37+,38-,42-,43-,49+/m0/s1. The second-order valence-corrected chi connectivity index (χ2v) is 17.6. The number of hydrogen-bond acceptors (Lipinski definition) is 9. The van der Waals surface area contributed by atoms with Crippen molar-refractivity contribution in [2.75, 3.05) is 31.7 Å². The van der Waals surface area contributed by atoms with Crippen molar-refractivity contribution in [1.82, 2.24) is 5.01 Å². The molecule has 4 aliphatic rings. The van der Waals surface area contributed by atoms with E-state index < -0.39 is 58.5 Å². The van der Waals surface area contributed by atoms with E-state index in [1.807, 2.05) is 71.2 Å². The van der Waals surface area contributed by atoms with E-state index in [1.165, 1.54) is 36.3 Å². The zero-order chi connectivity index (χ0) is 44.3. The molecule has 3 fully saturated rings. The van der Waals surface area contributed by atoms with Gasteiger partial charge in [-0.25, -0.2) is 4.39 Å². The number of anilines is 2. The molecule has 9 rings (SSSR count). The third-order valence-corrected chi connectivity index (χ3v) is 14.0. The largest absolute Gasteiger partial charge is 0.504 e. The molecule has 1 saturated carbocycles. The molecule has 320 valence electrons. The number of phenolic OH excluding ortho intramolecular Hbond substituents is 1. The molecule has 2 saturated heterocycles. The molecule has 5 aromatic rings. The number of phenols is 1. The lowest BCUT2D eigenvalue weighted by atomic mass is 9.49. The van der Waals surface area contributed by atoms with Crippen LogP contribution >= 0.6 is 34.2 Å². The molecule has 11 nitrogen and oxygen atoms in total. The summed E-state index contributed by atoms with van der Waals surface area (Å²) in [5.74, 6) is -5.04. The summed E-state index contributed by atoms with van der Waals surface area (Å²) in [7, 11) is 4.61. The van der Waals surface area contributed by atoms with Crippen molar-refractivity contribution >= 4 is 81.3 Å². The lowest BCUT2D eigenvalue weighted by molar-refractivity contribution is -0.138. The summed E-state index contributed by atoms with van der Waals surface area (Å²) in [6.45, 7) is 0. The lowest BCUT2D eigenvalue weighted by Gasteiger charge is -2.50. The van der Waals surface area contributed by atoms with E-state index in [9.17, 15) is 19.1 Å². The highest BCUT2D eigenvalue weighted by Crippen LogP contribution is 2.64. The van der Waals surface area contributed by atoms with Crippen molar-refractivity contribution < 1.29 is 42.9 Å².